The SMILES string of the molecule is COc1cc(-c2cc3c(c(=O)o2)C[C@]2(O)[C@@]4(C)[C@H](O)C=CC(C)(C)[C@]4(O)CC[C@@]2(C)O3)cc(OC)c1OC. The Morgan fingerprint density at radius 2 is 1.55 bits per heavy atom. The van der Waals surface area contributed by atoms with Crippen LogP contribution in [-0.2, 0) is 6.42 Å². The minimum absolute atomic E-state index is 0.145. The van der Waals surface area contributed by atoms with E-state index in [4.69, 9.17) is 23.4 Å². The average Bonchev–Trinajstić information content (AvgIpc) is 2.88. The van der Waals surface area contributed by atoms with Crippen LogP contribution in [0.15, 0.2) is 39.6 Å². The van der Waals surface area contributed by atoms with E-state index in [1.807, 2.05) is 13.8 Å². The molecule has 1 fully saturated rings. The number of benzene rings is 1. The van der Waals surface area contributed by atoms with E-state index in [0.717, 1.165) is 0 Å². The van der Waals surface area contributed by atoms with Gasteiger partial charge in [0.2, 0.25) is 5.75 Å². The Kier molecular flexibility index (Phi) is 5.77. The topological polar surface area (TPSA) is 128 Å². The lowest BCUT2D eigenvalue weighted by atomic mass is 9.41. The third kappa shape index (κ3) is 3.12. The molecule has 0 radical (unpaired) electrons. The zero-order valence-corrected chi connectivity index (χ0v) is 22.9. The zero-order valence-electron chi connectivity index (χ0n) is 22.9. The summed E-state index contributed by atoms with van der Waals surface area (Å²) in [5.74, 6) is 1.70. The third-order valence-corrected chi connectivity index (χ3v) is 9.64. The second-order valence-electron chi connectivity index (χ2n) is 11.6. The first kappa shape index (κ1) is 26.6. The van der Waals surface area contributed by atoms with Crippen LogP contribution in [0.1, 0.15) is 46.1 Å². The first-order chi connectivity index (χ1) is 17.7. The fourth-order valence-corrected chi connectivity index (χ4v) is 7.04. The molecule has 1 aromatic carbocycles. The molecule has 9 nitrogen and oxygen atoms in total. The molecule has 2 aromatic rings. The highest BCUT2D eigenvalue weighted by atomic mass is 16.5. The molecule has 5 atom stereocenters. The van der Waals surface area contributed by atoms with Crippen molar-refractivity contribution < 1.29 is 38.7 Å². The van der Waals surface area contributed by atoms with Crippen LogP contribution < -0.4 is 24.6 Å². The van der Waals surface area contributed by atoms with Crippen molar-refractivity contribution in [3.05, 3.63) is 46.3 Å². The number of fused-ring (bicyclic) bond motifs is 4. The Bertz CT molecular complexity index is 1350. The van der Waals surface area contributed by atoms with Gasteiger partial charge in [0.05, 0.1) is 44.0 Å². The lowest BCUT2D eigenvalue weighted by Gasteiger charge is -2.70. The standard InChI is InChI=1S/C29H36O9/c1-25(2)9-8-22(30)27(4)28(25,32)11-10-26(3)29(27,33)15-17-19(38-26)14-18(37-24(17)31)16-12-20(34-5)23(36-7)21(13-16)35-6/h8-9,12-14,22,30,32-33H,10-11,15H2,1-7H3/t22-,26-,27+,28-,29-/m1/s1. The summed E-state index contributed by atoms with van der Waals surface area (Å²) < 4.78 is 28.4. The summed E-state index contributed by atoms with van der Waals surface area (Å²) in [6, 6.07) is 4.95. The molecule has 5 rings (SSSR count). The summed E-state index contributed by atoms with van der Waals surface area (Å²) in [4.78, 5) is 13.4. The van der Waals surface area contributed by atoms with E-state index in [1.54, 1.807) is 44.2 Å². The molecule has 1 aromatic heterocycles. The molecule has 1 saturated carbocycles. The van der Waals surface area contributed by atoms with Gasteiger partial charge >= 0.3 is 5.63 Å². The van der Waals surface area contributed by atoms with E-state index >= 15 is 0 Å². The van der Waals surface area contributed by atoms with Crippen LogP contribution in [0.3, 0.4) is 0 Å². The highest BCUT2D eigenvalue weighted by molar-refractivity contribution is 5.69. The number of aliphatic hydroxyl groups is 3. The van der Waals surface area contributed by atoms with Crippen LogP contribution in [0.25, 0.3) is 11.3 Å². The maximum atomic E-state index is 13.4. The first-order valence-electron chi connectivity index (χ1n) is 12.7. The molecule has 0 amide bonds. The van der Waals surface area contributed by atoms with Crippen LogP contribution in [0, 0.1) is 10.8 Å². The Morgan fingerprint density at radius 1 is 0.921 bits per heavy atom. The quantitative estimate of drug-likeness (QED) is 0.513. The minimum atomic E-state index is -1.79. The van der Waals surface area contributed by atoms with Crippen molar-refractivity contribution >= 4 is 0 Å². The number of hydrogen-bond acceptors (Lipinski definition) is 9. The summed E-state index contributed by atoms with van der Waals surface area (Å²) >= 11 is 0. The normalized spacial score (nSPS) is 34.8. The Balaban J connectivity index is 1.66. The van der Waals surface area contributed by atoms with E-state index in [0.29, 0.717) is 29.2 Å². The molecule has 2 aliphatic carbocycles. The Hall–Kier alpha value is -3.01. The van der Waals surface area contributed by atoms with Crippen LogP contribution in [-0.4, -0.2) is 59.6 Å². The van der Waals surface area contributed by atoms with E-state index in [2.05, 4.69) is 0 Å². The van der Waals surface area contributed by atoms with Gasteiger partial charge < -0.3 is 38.7 Å². The van der Waals surface area contributed by atoms with E-state index in [1.165, 1.54) is 21.3 Å². The number of ether oxygens (including phenoxy) is 4. The largest absolute Gasteiger partial charge is 0.493 e. The molecule has 9 heteroatoms. The van der Waals surface area contributed by atoms with Crippen molar-refractivity contribution in [3.63, 3.8) is 0 Å². The van der Waals surface area contributed by atoms with Gasteiger partial charge in [-0.2, -0.15) is 0 Å². The van der Waals surface area contributed by atoms with Crippen LogP contribution >= 0.6 is 0 Å². The van der Waals surface area contributed by atoms with Gasteiger partial charge in [0.25, 0.3) is 0 Å². The minimum Gasteiger partial charge on any atom is -0.493 e. The van der Waals surface area contributed by atoms with Gasteiger partial charge in [-0.3, -0.25) is 0 Å². The summed E-state index contributed by atoms with van der Waals surface area (Å²) in [6.45, 7) is 7.22. The maximum Gasteiger partial charge on any atom is 0.343 e. The fourth-order valence-electron chi connectivity index (χ4n) is 7.04. The predicted molar refractivity (Wildman–Crippen MR) is 139 cm³/mol. The van der Waals surface area contributed by atoms with E-state index in [-0.39, 0.29) is 29.9 Å². The summed E-state index contributed by atoms with van der Waals surface area (Å²) in [6.07, 6.45) is 2.67. The first-order valence-corrected chi connectivity index (χ1v) is 12.7. The molecular weight excluding hydrogens is 492 g/mol. The van der Waals surface area contributed by atoms with Crippen molar-refractivity contribution in [2.45, 2.75) is 69.9 Å². The molecule has 38 heavy (non-hydrogen) atoms. The summed E-state index contributed by atoms with van der Waals surface area (Å²) in [5.41, 5.74) is -6.66. The number of hydrogen-bond donors (Lipinski definition) is 3. The Morgan fingerprint density at radius 3 is 2.13 bits per heavy atom. The predicted octanol–water partition coefficient (Wildman–Crippen LogP) is 3.25. The molecule has 3 aliphatic rings. The molecule has 3 N–H and O–H groups in total. The molecular formula is C29H36O9. The molecule has 0 unspecified atom stereocenters. The van der Waals surface area contributed by atoms with Gasteiger partial charge in [-0.25, -0.2) is 4.79 Å². The molecule has 0 saturated heterocycles. The maximum absolute atomic E-state index is 13.4. The van der Waals surface area contributed by atoms with Crippen molar-refractivity contribution in [1.29, 1.82) is 0 Å². The number of aliphatic hydroxyl groups excluding tert-OH is 1. The molecule has 0 spiro atoms. The van der Waals surface area contributed by atoms with Crippen LogP contribution in [0.2, 0.25) is 0 Å². The van der Waals surface area contributed by atoms with Gasteiger partial charge in [0, 0.05) is 23.5 Å². The summed E-state index contributed by atoms with van der Waals surface area (Å²) in [5, 5.41) is 35.7. The van der Waals surface area contributed by atoms with Crippen molar-refractivity contribution in [2.75, 3.05) is 21.3 Å². The van der Waals surface area contributed by atoms with Gasteiger partial charge in [0.1, 0.15) is 22.7 Å². The molecule has 206 valence electrons. The number of rotatable bonds is 4. The third-order valence-electron chi connectivity index (χ3n) is 9.64. The Labute approximate surface area is 221 Å². The highest BCUT2D eigenvalue weighted by Crippen LogP contribution is 2.66. The molecule has 0 bridgehead atoms. The monoisotopic (exact) mass is 528 g/mol. The highest BCUT2D eigenvalue weighted by Gasteiger charge is 2.77. The van der Waals surface area contributed by atoms with E-state index < -0.39 is 39.4 Å². The summed E-state index contributed by atoms with van der Waals surface area (Å²) in [7, 11) is 4.49. The van der Waals surface area contributed by atoms with Gasteiger partial charge in [-0.15, -0.1) is 0 Å². The van der Waals surface area contributed by atoms with Crippen molar-refractivity contribution in [2.24, 2.45) is 10.8 Å². The average molecular weight is 529 g/mol. The second kappa shape index (κ2) is 8.24. The molecule has 2 heterocycles. The zero-order chi connectivity index (χ0) is 27.9. The van der Waals surface area contributed by atoms with E-state index in [9.17, 15) is 20.1 Å². The smallest absolute Gasteiger partial charge is 0.343 e. The van der Waals surface area contributed by atoms with Crippen LogP contribution in [0.4, 0.5) is 0 Å². The van der Waals surface area contributed by atoms with Crippen molar-refractivity contribution in [3.8, 4) is 34.3 Å². The second-order valence-corrected chi connectivity index (χ2v) is 11.6. The van der Waals surface area contributed by atoms with Crippen LogP contribution in [0.5, 0.6) is 23.0 Å². The van der Waals surface area contributed by atoms with Gasteiger partial charge in [-0.1, -0.05) is 32.9 Å². The fraction of sp³-hybridized carbons (Fsp3) is 0.552. The van der Waals surface area contributed by atoms with Gasteiger partial charge in [-0.05, 0) is 31.9 Å². The van der Waals surface area contributed by atoms with Gasteiger partial charge in [0.15, 0.2) is 11.5 Å². The van der Waals surface area contributed by atoms with Crippen molar-refractivity contribution in [1.82, 2.24) is 0 Å². The number of methoxy groups -OCH3 is 3. The molecule has 1 aliphatic heterocycles. The lowest BCUT2D eigenvalue weighted by molar-refractivity contribution is -0.331. The lowest BCUT2D eigenvalue weighted by Crippen LogP contribution is -2.82.